The average molecular weight is 188 g/mol. The third kappa shape index (κ3) is 3.78. The molecule has 0 nitrogen and oxygen atoms in total. The van der Waals surface area contributed by atoms with Gasteiger partial charge >= 0.3 is 0 Å². The zero-order chi connectivity index (χ0) is 10.2. The van der Waals surface area contributed by atoms with Crippen LogP contribution in [0.2, 0.25) is 0 Å². The second-order valence-corrected chi connectivity index (χ2v) is 3.77. The van der Waals surface area contributed by atoms with Crippen molar-refractivity contribution < 1.29 is 0 Å². The Morgan fingerprint density at radius 1 is 1.14 bits per heavy atom. The molecule has 0 aromatic heterocycles. The Morgan fingerprint density at radius 3 is 2.50 bits per heavy atom. The van der Waals surface area contributed by atoms with Crippen molar-refractivity contribution in [3.05, 3.63) is 48.0 Å². The van der Waals surface area contributed by atoms with E-state index in [-0.39, 0.29) is 0 Å². The van der Waals surface area contributed by atoms with Crippen LogP contribution in [0, 0.1) is 0 Å². The highest BCUT2D eigenvalue weighted by Gasteiger charge is 2.02. The molecule has 0 fully saturated rings. The topological polar surface area (TPSA) is 0 Å². The van der Waals surface area contributed by atoms with Crippen molar-refractivity contribution in [1.29, 1.82) is 0 Å². The van der Waals surface area contributed by atoms with Gasteiger partial charge in [0.05, 0.1) is 0 Å². The number of hydrogen-bond acceptors (Lipinski definition) is 0. The molecule has 1 unspecified atom stereocenters. The predicted octanol–water partition coefficient (Wildman–Crippen LogP) is 4.54. The monoisotopic (exact) mass is 188 g/mol. The third-order valence-electron chi connectivity index (χ3n) is 2.54. The van der Waals surface area contributed by atoms with Crippen molar-refractivity contribution in [2.75, 3.05) is 0 Å². The molecule has 1 rings (SSSR count). The fraction of sp³-hybridized carbons (Fsp3) is 0.429. The highest BCUT2D eigenvalue weighted by atomic mass is 14.1. The fourth-order valence-corrected chi connectivity index (χ4v) is 1.58. The quantitative estimate of drug-likeness (QED) is 0.595. The van der Waals surface area contributed by atoms with Gasteiger partial charge in [0, 0.05) is 0 Å². The highest BCUT2D eigenvalue weighted by Crippen LogP contribution is 2.20. The van der Waals surface area contributed by atoms with Gasteiger partial charge in [-0.15, -0.1) is 0 Å². The van der Waals surface area contributed by atoms with Crippen LogP contribution in [0.3, 0.4) is 0 Å². The number of benzene rings is 1. The SMILES string of the molecule is CC/C=C/CCC(C)c1ccccc1. The Morgan fingerprint density at radius 2 is 1.86 bits per heavy atom. The predicted molar refractivity (Wildman–Crippen MR) is 63.5 cm³/mol. The summed E-state index contributed by atoms with van der Waals surface area (Å²) in [6.45, 7) is 4.48. The summed E-state index contributed by atoms with van der Waals surface area (Å²) in [5.41, 5.74) is 1.46. The highest BCUT2D eigenvalue weighted by molar-refractivity contribution is 5.18. The molecule has 1 aromatic carbocycles. The van der Waals surface area contributed by atoms with Gasteiger partial charge in [0.15, 0.2) is 0 Å². The van der Waals surface area contributed by atoms with Crippen molar-refractivity contribution in [3.8, 4) is 0 Å². The van der Waals surface area contributed by atoms with Crippen molar-refractivity contribution in [2.24, 2.45) is 0 Å². The molecule has 0 saturated carbocycles. The summed E-state index contributed by atoms with van der Waals surface area (Å²) < 4.78 is 0. The lowest BCUT2D eigenvalue weighted by molar-refractivity contribution is 0.690. The minimum absolute atomic E-state index is 0.678. The molecule has 14 heavy (non-hydrogen) atoms. The van der Waals surface area contributed by atoms with Crippen LogP contribution in [0.25, 0.3) is 0 Å². The molecule has 76 valence electrons. The van der Waals surface area contributed by atoms with Gasteiger partial charge in [-0.05, 0) is 30.7 Å². The molecule has 0 amide bonds. The molecule has 0 aliphatic rings. The van der Waals surface area contributed by atoms with Crippen molar-refractivity contribution in [2.45, 2.75) is 39.0 Å². The molecule has 1 atom stereocenters. The standard InChI is InChI=1S/C14H20/c1-3-4-5-7-10-13(2)14-11-8-6-9-12-14/h4-6,8-9,11-13H,3,7,10H2,1-2H3/b5-4+. The van der Waals surface area contributed by atoms with E-state index in [0.717, 1.165) is 6.42 Å². The van der Waals surface area contributed by atoms with E-state index < -0.39 is 0 Å². The van der Waals surface area contributed by atoms with Crippen molar-refractivity contribution in [3.63, 3.8) is 0 Å². The first-order valence-electron chi connectivity index (χ1n) is 5.54. The van der Waals surface area contributed by atoms with E-state index in [0.29, 0.717) is 5.92 Å². The smallest absolute Gasteiger partial charge is 0.0187 e. The minimum Gasteiger partial charge on any atom is -0.0888 e. The number of allylic oxidation sites excluding steroid dienone is 2. The Labute approximate surface area is 87.7 Å². The van der Waals surface area contributed by atoms with Crippen LogP contribution < -0.4 is 0 Å². The van der Waals surface area contributed by atoms with E-state index >= 15 is 0 Å². The molecule has 0 saturated heterocycles. The van der Waals surface area contributed by atoms with E-state index in [4.69, 9.17) is 0 Å². The van der Waals surface area contributed by atoms with E-state index in [1.54, 1.807) is 0 Å². The first-order chi connectivity index (χ1) is 6.84. The maximum absolute atomic E-state index is 2.30. The van der Waals surface area contributed by atoms with E-state index in [9.17, 15) is 0 Å². The second kappa shape index (κ2) is 6.42. The van der Waals surface area contributed by atoms with Gasteiger partial charge in [0.25, 0.3) is 0 Å². The van der Waals surface area contributed by atoms with Crippen LogP contribution in [-0.2, 0) is 0 Å². The second-order valence-electron chi connectivity index (χ2n) is 3.77. The normalized spacial score (nSPS) is 13.3. The third-order valence-corrected chi connectivity index (χ3v) is 2.54. The summed E-state index contributed by atoms with van der Waals surface area (Å²) in [6, 6.07) is 10.7. The first-order valence-corrected chi connectivity index (χ1v) is 5.54. The van der Waals surface area contributed by atoms with Gasteiger partial charge in [0.2, 0.25) is 0 Å². The molecule has 1 aromatic rings. The molecule has 0 aliphatic carbocycles. The number of rotatable bonds is 5. The van der Waals surface area contributed by atoms with Gasteiger partial charge in [-0.2, -0.15) is 0 Å². The van der Waals surface area contributed by atoms with Crippen LogP contribution in [0.4, 0.5) is 0 Å². The van der Waals surface area contributed by atoms with Crippen LogP contribution in [-0.4, -0.2) is 0 Å². The molecule has 0 N–H and O–H groups in total. The van der Waals surface area contributed by atoms with Gasteiger partial charge in [-0.3, -0.25) is 0 Å². The summed E-state index contributed by atoms with van der Waals surface area (Å²) in [4.78, 5) is 0. The van der Waals surface area contributed by atoms with E-state index in [1.165, 1.54) is 18.4 Å². The van der Waals surface area contributed by atoms with Crippen molar-refractivity contribution >= 4 is 0 Å². The minimum atomic E-state index is 0.678. The number of hydrogen-bond donors (Lipinski definition) is 0. The van der Waals surface area contributed by atoms with Gasteiger partial charge in [0.1, 0.15) is 0 Å². The largest absolute Gasteiger partial charge is 0.0888 e. The Balaban J connectivity index is 2.36. The zero-order valence-electron chi connectivity index (χ0n) is 9.24. The molecular weight excluding hydrogens is 168 g/mol. The maximum atomic E-state index is 2.30. The Hall–Kier alpha value is -1.04. The Bertz CT molecular complexity index is 259. The molecule has 0 aliphatic heterocycles. The zero-order valence-corrected chi connectivity index (χ0v) is 9.24. The molecule has 0 bridgehead atoms. The fourth-order valence-electron chi connectivity index (χ4n) is 1.58. The van der Waals surface area contributed by atoms with Gasteiger partial charge < -0.3 is 0 Å². The molecular formula is C14H20. The van der Waals surface area contributed by atoms with Crippen molar-refractivity contribution in [1.82, 2.24) is 0 Å². The lowest BCUT2D eigenvalue weighted by Crippen LogP contribution is -1.91. The van der Waals surface area contributed by atoms with Gasteiger partial charge in [-0.1, -0.05) is 56.3 Å². The lowest BCUT2D eigenvalue weighted by atomic mass is 9.96. The summed E-state index contributed by atoms with van der Waals surface area (Å²) in [7, 11) is 0. The Kier molecular flexibility index (Phi) is 5.06. The molecule has 0 spiro atoms. The summed E-state index contributed by atoms with van der Waals surface area (Å²) in [5, 5.41) is 0. The van der Waals surface area contributed by atoms with E-state index in [2.05, 4.69) is 56.3 Å². The van der Waals surface area contributed by atoms with Crippen LogP contribution >= 0.6 is 0 Å². The molecule has 0 heteroatoms. The summed E-state index contributed by atoms with van der Waals surface area (Å²) in [6.07, 6.45) is 8.14. The van der Waals surface area contributed by atoms with E-state index in [1.807, 2.05) is 0 Å². The van der Waals surface area contributed by atoms with Gasteiger partial charge in [-0.25, -0.2) is 0 Å². The molecule has 0 heterocycles. The van der Waals surface area contributed by atoms with Crippen LogP contribution in [0.5, 0.6) is 0 Å². The lowest BCUT2D eigenvalue weighted by Gasteiger charge is -2.09. The summed E-state index contributed by atoms with van der Waals surface area (Å²) >= 11 is 0. The molecule has 0 radical (unpaired) electrons. The maximum Gasteiger partial charge on any atom is -0.0187 e. The first kappa shape index (κ1) is 11.0. The van der Waals surface area contributed by atoms with Crippen LogP contribution in [0.15, 0.2) is 42.5 Å². The summed E-state index contributed by atoms with van der Waals surface area (Å²) in [5.74, 6) is 0.678. The average Bonchev–Trinajstić information content (AvgIpc) is 2.25. The van der Waals surface area contributed by atoms with Crippen LogP contribution in [0.1, 0.15) is 44.6 Å².